The third-order valence-corrected chi connectivity index (χ3v) is 4.08. The zero-order valence-electron chi connectivity index (χ0n) is 9.27. The highest BCUT2D eigenvalue weighted by Gasteiger charge is 2.25. The molecule has 1 heterocycles. The number of carboxylic acid groups (broad SMARTS) is 1. The summed E-state index contributed by atoms with van der Waals surface area (Å²) in [4.78, 5) is 10.3. The van der Waals surface area contributed by atoms with Crippen LogP contribution in [0.5, 0.6) is 0 Å². The Balaban J connectivity index is 2.49. The fraction of sp³-hybridized carbons (Fsp3) is 0.889. The van der Waals surface area contributed by atoms with Crippen LogP contribution in [0.3, 0.4) is 0 Å². The Morgan fingerprint density at radius 2 is 2.31 bits per heavy atom. The van der Waals surface area contributed by atoms with Gasteiger partial charge in [-0.05, 0) is 38.8 Å². The summed E-state index contributed by atoms with van der Waals surface area (Å²) in [5.41, 5.74) is 0. The molecule has 3 N–H and O–H groups in total. The maximum Gasteiger partial charge on any atom is 0.320 e. The number of nitrogens with one attached hydrogen (secondary N) is 2. The first-order chi connectivity index (χ1) is 7.41. The molecular weight excluding hydrogens is 232 g/mol. The Morgan fingerprint density at radius 1 is 1.62 bits per heavy atom. The molecule has 16 heavy (non-hydrogen) atoms. The molecule has 1 saturated heterocycles. The summed E-state index contributed by atoms with van der Waals surface area (Å²) in [6, 6.07) is -0.225. The smallest absolute Gasteiger partial charge is 0.320 e. The number of hydrogen-bond donors (Lipinski definition) is 3. The molecule has 0 aromatic carbocycles. The van der Waals surface area contributed by atoms with Gasteiger partial charge in [0.1, 0.15) is 0 Å². The molecule has 2 unspecified atom stereocenters. The van der Waals surface area contributed by atoms with Gasteiger partial charge < -0.3 is 10.4 Å². The fourth-order valence-corrected chi connectivity index (χ4v) is 3.06. The molecule has 2 atom stereocenters. The zero-order valence-corrected chi connectivity index (χ0v) is 10.1. The van der Waals surface area contributed by atoms with Crippen LogP contribution in [0.25, 0.3) is 0 Å². The van der Waals surface area contributed by atoms with Gasteiger partial charge >= 0.3 is 5.97 Å². The number of carbonyl (C=O) groups is 1. The van der Waals surface area contributed by atoms with Crippen molar-refractivity contribution in [2.75, 3.05) is 18.8 Å². The molecular formula is C9H18N2O4S. The van der Waals surface area contributed by atoms with E-state index in [1.807, 2.05) is 0 Å². The topological polar surface area (TPSA) is 95.5 Å². The summed E-state index contributed by atoms with van der Waals surface area (Å²) in [6.45, 7) is 3.51. The number of piperidine rings is 1. The van der Waals surface area contributed by atoms with Gasteiger partial charge in [-0.25, -0.2) is 13.1 Å². The van der Waals surface area contributed by atoms with Crippen LogP contribution in [0.1, 0.15) is 19.8 Å². The molecule has 6 nitrogen and oxygen atoms in total. The van der Waals surface area contributed by atoms with E-state index in [2.05, 4.69) is 10.0 Å². The van der Waals surface area contributed by atoms with Crippen molar-refractivity contribution in [1.29, 1.82) is 0 Å². The van der Waals surface area contributed by atoms with Crippen LogP contribution in [0.2, 0.25) is 0 Å². The van der Waals surface area contributed by atoms with E-state index in [-0.39, 0.29) is 12.0 Å². The van der Waals surface area contributed by atoms with E-state index in [0.29, 0.717) is 0 Å². The van der Waals surface area contributed by atoms with Gasteiger partial charge in [0, 0.05) is 6.04 Å². The molecule has 0 saturated carbocycles. The van der Waals surface area contributed by atoms with Crippen molar-refractivity contribution in [3.8, 4) is 0 Å². The summed E-state index contributed by atoms with van der Waals surface area (Å²) in [6.07, 6.45) is 1.99. The zero-order chi connectivity index (χ0) is 12.2. The second-order valence-corrected chi connectivity index (χ2v) is 5.92. The quantitative estimate of drug-likeness (QED) is 0.604. The lowest BCUT2D eigenvalue weighted by atomic mass is 9.94. The van der Waals surface area contributed by atoms with Crippen molar-refractivity contribution >= 4 is 16.0 Å². The molecule has 1 fully saturated rings. The van der Waals surface area contributed by atoms with Crippen molar-refractivity contribution in [3.05, 3.63) is 0 Å². The van der Waals surface area contributed by atoms with E-state index >= 15 is 0 Å². The predicted molar refractivity (Wildman–Crippen MR) is 59.6 cm³/mol. The highest BCUT2D eigenvalue weighted by atomic mass is 32.2. The Labute approximate surface area is 95.5 Å². The molecule has 94 valence electrons. The number of sulfonamides is 1. The average molecular weight is 250 g/mol. The molecule has 0 amide bonds. The van der Waals surface area contributed by atoms with Crippen LogP contribution in [-0.2, 0) is 14.8 Å². The maximum atomic E-state index is 11.4. The lowest BCUT2D eigenvalue weighted by molar-refractivity contribution is -0.134. The molecule has 1 rings (SSSR count). The minimum Gasteiger partial charge on any atom is -0.480 e. The summed E-state index contributed by atoms with van der Waals surface area (Å²) in [5.74, 6) is -1.96. The summed E-state index contributed by atoms with van der Waals surface area (Å²) in [5, 5.41) is 11.6. The molecule has 0 spiro atoms. The van der Waals surface area contributed by atoms with Gasteiger partial charge in [-0.2, -0.15) is 0 Å². The predicted octanol–water partition coefficient (Wildman–Crippen LogP) is -0.621. The van der Waals surface area contributed by atoms with Crippen LogP contribution in [0, 0.1) is 5.92 Å². The molecule has 0 aromatic heterocycles. The first kappa shape index (κ1) is 13.4. The first-order valence-electron chi connectivity index (χ1n) is 5.33. The van der Waals surface area contributed by atoms with Gasteiger partial charge in [0.05, 0.1) is 0 Å². The van der Waals surface area contributed by atoms with E-state index in [9.17, 15) is 13.2 Å². The van der Waals surface area contributed by atoms with Crippen molar-refractivity contribution in [2.24, 2.45) is 5.92 Å². The molecule has 1 aliphatic heterocycles. The first-order valence-corrected chi connectivity index (χ1v) is 6.98. The highest BCUT2D eigenvalue weighted by Crippen LogP contribution is 2.14. The normalized spacial score (nSPS) is 23.9. The van der Waals surface area contributed by atoms with Crippen LogP contribution in [0.15, 0.2) is 0 Å². The average Bonchev–Trinajstić information content (AvgIpc) is 2.16. The third kappa shape index (κ3) is 4.46. The van der Waals surface area contributed by atoms with Gasteiger partial charge in [-0.1, -0.05) is 0 Å². The Morgan fingerprint density at radius 3 is 2.81 bits per heavy atom. The largest absolute Gasteiger partial charge is 0.480 e. The minimum absolute atomic E-state index is 0.225. The van der Waals surface area contributed by atoms with Crippen molar-refractivity contribution < 1.29 is 18.3 Å². The molecule has 0 radical (unpaired) electrons. The van der Waals surface area contributed by atoms with E-state index in [4.69, 9.17) is 5.11 Å². The van der Waals surface area contributed by atoms with Gasteiger partial charge in [0.15, 0.2) is 5.75 Å². The van der Waals surface area contributed by atoms with Crippen molar-refractivity contribution in [3.63, 3.8) is 0 Å². The Bertz CT molecular complexity index is 335. The highest BCUT2D eigenvalue weighted by molar-refractivity contribution is 7.90. The van der Waals surface area contributed by atoms with Crippen LogP contribution in [0.4, 0.5) is 0 Å². The second-order valence-electron chi connectivity index (χ2n) is 4.17. The molecule has 0 aromatic rings. The fourth-order valence-electron chi connectivity index (χ4n) is 1.89. The monoisotopic (exact) mass is 250 g/mol. The Kier molecular flexibility index (Phi) is 4.69. The number of rotatable bonds is 5. The van der Waals surface area contributed by atoms with E-state index < -0.39 is 21.7 Å². The third-order valence-electron chi connectivity index (χ3n) is 2.72. The summed E-state index contributed by atoms with van der Waals surface area (Å²) < 4.78 is 25.2. The lowest BCUT2D eigenvalue weighted by Gasteiger charge is -2.28. The molecule has 7 heteroatoms. The second kappa shape index (κ2) is 5.60. The molecule has 1 aliphatic rings. The van der Waals surface area contributed by atoms with Crippen molar-refractivity contribution in [1.82, 2.24) is 10.0 Å². The molecule has 0 bridgehead atoms. The minimum atomic E-state index is -3.71. The van der Waals surface area contributed by atoms with Crippen LogP contribution in [-0.4, -0.2) is 44.4 Å². The number of carboxylic acids is 1. The van der Waals surface area contributed by atoms with Gasteiger partial charge in [0.25, 0.3) is 0 Å². The summed E-state index contributed by atoms with van der Waals surface area (Å²) in [7, 11) is -3.71. The van der Waals surface area contributed by atoms with Gasteiger partial charge in [0.2, 0.25) is 10.0 Å². The van der Waals surface area contributed by atoms with Crippen molar-refractivity contribution in [2.45, 2.75) is 25.8 Å². The number of aliphatic carboxylic acids is 1. The standard InChI is InChI=1S/C9H18N2O4S/c1-7(8-3-2-4-10-5-8)11-16(14,15)6-9(12)13/h7-8,10-11H,2-6H2,1H3,(H,12,13). The van der Waals surface area contributed by atoms with E-state index in [1.165, 1.54) is 0 Å². The number of hydrogen-bond acceptors (Lipinski definition) is 4. The Hall–Kier alpha value is -0.660. The van der Waals surface area contributed by atoms with Crippen LogP contribution < -0.4 is 10.0 Å². The molecule has 0 aliphatic carbocycles. The maximum absolute atomic E-state index is 11.4. The lowest BCUT2D eigenvalue weighted by Crippen LogP contribution is -2.45. The van der Waals surface area contributed by atoms with Crippen LogP contribution >= 0.6 is 0 Å². The van der Waals surface area contributed by atoms with E-state index in [0.717, 1.165) is 25.9 Å². The van der Waals surface area contributed by atoms with Gasteiger partial charge in [-0.3, -0.25) is 4.79 Å². The van der Waals surface area contributed by atoms with Gasteiger partial charge in [-0.15, -0.1) is 0 Å². The van der Waals surface area contributed by atoms with E-state index in [1.54, 1.807) is 6.92 Å². The SMILES string of the molecule is CC(NS(=O)(=O)CC(=O)O)C1CCCNC1. The summed E-state index contributed by atoms with van der Waals surface area (Å²) >= 11 is 0.